The van der Waals surface area contributed by atoms with Gasteiger partial charge in [0.25, 0.3) is 0 Å². The largest absolute Gasteiger partial charge is 0.289 e. The van der Waals surface area contributed by atoms with E-state index in [1.807, 2.05) is 146 Å². The van der Waals surface area contributed by atoms with Gasteiger partial charge >= 0.3 is 0 Å². The molecule has 13 aromatic carbocycles. The predicted molar refractivity (Wildman–Crippen MR) is 478 cm³/mol. The second-order valence-electron chi connectivity index (χ2n) is 31.2. The number of hydrogen-bond donors (Lipinski definition) is 0. The van der Waals surface area contributed by atoms with E-state index in [2.05, 4.69) is 145 Å². The Morgan fingerprint density at radius 2 is 0.678 bits per heavy atom. The predicted octanol–water partition coefficient (Wildman–Crippen LogP) is 22.2. The highest BCUT2D eigenvalue weighted by molar-refractivity contribution is 7.92. The van der Waals surface area contributed by atoms with Crippen molar-refractivity contribution in [1.82, 2.24) is 19.9 Å². The Hall–Kier alpha value is -13.4. The van der Waals surface area contributed by atoms with Crippen molar-refractivity contribution in [3.63, 3.8) is 0 Å². The number of rotatable bonds is 6. The van der Waals surface area contributed by atoms with Crippen LogP contribution in [0.15, 0.2) is 251 Å². The molecule has 121 heavy (non-hydrogen) atoms. The van der Waals surface area contributed by atoms with Crippen LogP contribution >= 0.6 is 0 Å². The lowest BCUT2D eigenvalue weighted by atomic mass is 9.82. The molecule has 15 aromatic rings. The van der Waals surface area contributed by atoms with Gasteiger partial charge in [-0.3, -0.25) is 33.6 Å². The van der Waals surface area contributed by atoms with Gasteiger partial charge in [-0.1, -0.05) is 198 Å². The summed E-state index contributed by atoms with van der Waals surface area (Å²) in [5.41, 5.74) is 26.0. The fourth-order valence-corrected chi connectivity index (χ4v) is 20.9. The van der Waals surface area contributed by atoms with Crippen LogP contribution < -0.4 is 0 Å². The van der Waals surface area contributed by atoms with Gasteiger partial charge in [0, 0.05) is 97.1 Å². The maximum atomic E-state index is 12.9. The first-order valence-electron chi connectivity index (χ1n) is 40.9. The smallest absolute Gasteiger partial charge is 0.234 e. The Labute approximate surface area is 705 Å². The molecule has 0 fully saturated rings. The van der Waals surface area contributed by atoms with Crippen molar-refractivity contribution in [2.24, 2.45) is 0 Å². The molecule has 0 amide bonds. The molecule has 16 heteroatoms. The summed E-state index contributed by atoms with van der Waals surface area (Å²) in [4.78, 5) is 106. The Morgan fingerprint density at radius 3 is 1.22 bits per heavy atom. The highest BCUT2D eigenvalue weighted by Crippen LogP contribution is 2.50. The van der Waals surface area contributed by atoms with E-state index in [0.717, 1.165) is 164 Å². The third-order valence-corrected chi connectivity index (χ3v) is 27.1. The molecule has 1 atom stereocenters. The van der Waals surface area contributed by atoms with Crippen molar-refractivity contribution in [3.05, 3.63) is 365 Å². The molecule has 14 nitrogen and oxygen atoms in total. The van der Waals surface area contributed by atoms with E-state index in [1.165, 1.54) is 57.5 Å². The van der Waals surface area contributed by atoms with Crippen LogP contribution in [0.2, 0.25) is 0 Å². The normalized spacial score (nSPS) is 13.9. The van der Waals surface area contributed by atoms with Crippen LogP contribution in [0.5, 0.6) is 0 Å². The summed E-state index contributed by atoms with van der Waals surface area (Å²) in [5, 5.41) is 7.14. The molecule has 2 aliphatic heterocycles. The second kappa shape index (κ2) is 32.7. The Bertz CT molecular complexity index is 7040. The fourth-order valence-electron chi connectivity index (χ4n) is 17.5. The molecule has 1 unspecified atom stereocenters. The second-order valence-corrected chi connectivity index (χ2v) is 34.5. The van der Waals surface area contributed by atoms with E-state index >= 15 is 0 Å². The maximum absolute atomic E-state index is 12.9. The summed E-state index contributed by atoms with van der Waals surface area (Å²) in [5.74, 6) is -1.44. The van der Waals surface area contributed by atoms with Crippen molar-refractivity contribution in [3.8, 4) is 44.5 Å². The number of aryl methyl sites for hydroxylation is 12. The maximum Gasteiger partial charge on any atom is 0.234 e. The standard InChI is InChI=1S/C20H16O.C19H16O2S.C19H16OS.C17H14O2.2C15H12N2O2/c1-3-13-11-18-19(15-7-5-4-6-14(13)15)16-9-8-12(2)10-17(16)20(18)21;1-3-13-11-18-19(15-7-5-4-6-14(13)15)16-9-8-12(2)10-17(16)22(18,20)21;1-3-13-11-18-19(15-7-5-4-6-14(13)15)16-9-8-12(2)10-17(16)21(18)20;1-3-11-5-7-13-12-6-4-10(2)8-14(12)16(18)17(19)15(13)9-11;1-3-9-7-11-10(6-8(9)2)14(18)12-13(15(11)19)17-5-4-16-12;1-3-9-5-4-8(2)10-11(9)15(19)13-12(14(10)18)16-6-7-17-13/h4-11H,3H2,1-2H3;4-11H,3H2,1-2H3;4-11H,3H2,1-2H3;4-9H,3H2,1-2H3;2*4-7H,3H2,1-2H3. The molecule has 0 bridgehead atoms. The zero-order chi connectivity index (χ0) is 85.3. The molecule has 21 rings (SSSR count). The number of Topliss-reactive ketones (excluding diaryl/α,β-unsaturated/α-hetero) is 2. The molecule has 0 radical (unpaired) electrons. The number of ketones is 7. The monoisotopic (exact) mass is 1630 g/mol. The van der Waals surface area contributed by atoms with Crippen molar-refractivity contribution >= 4 is 93.4 Å². The Kier molecular flexibility index (Phi) is 22.0. The van der Waals surface area contributed by atoms with Crippen LogP contribution in [-0.4, -0.2) is 73.0 Å². The van der Waals surface area contributed by atoms with Crippen LogP contribution in [0.1, 0.15) is 209 Å². The zero-order valence-electron chi connectivity index (χ0n) is 69.4. The lowest BCUT2D eigenvalue weighted by Crippen LogP contribution is -2.26. The number of nitrogens with zero attached hydrogens (tertiary/aromatic N) is 4. The van der Waals surface area contributed by atoms with Gasteiger partial charge in [0.05, 0.1) is 30.4 Å². The highest BCUT2D eigenvalue weighted by atomic mass is 32.2. The average Bonchev–Trinajstić information content (AvgIpc) is 1.56. The molecule has 0 saturated carbocycles. The molecular weight excluding hydrogens is 1540 g/mol. The van der Waals surface area contributed by atoms with E-state index in [0.29, 0.717) is 49.6 Å². The minimum absolute atomic E-state index is 0.156. The van der Waals surface area contributed by atoms with Gasteiger partial charge in [-0.2, -0.15) is 0 Å². The minimum atomic E-state index is -3.41. The Morgan fingerprint density at radius 1 is 0.264 bits per heavy atom. The zero-order valence-corrected chi connectivity index (χ0v) is 71.0. The van der Waals surface area contributed by atoms with E-state index in [4.69, 9.17) is 0 Å². The van der Waals surface area contributed by atoms with E-state index in [9.17, 15) is 46.2 Å². The number of fused-ring (bicyclic) bond motifs is 22. The van der Waals surface area contributed by atoms with E-state index in [1.54, 1.807) is 18.2 Å². The van der Waals surface area contributed by atoms with Gasteiger partial charge in [0.2, 0.25) is 44.5 Å². The summed E-state index contributed by atoms with van der Waals surface area (Å²) >= 11 is 0. The van der Waals surface area contributed by atoms with Crippen LogP contribution in [0, 0.1) is 41.5 Å². The first-order valence-corrected chi connectivity index (χ1v) is 43.6. The molecule has 0 spiro atoms. The average molecular weight is 1630 g/mol. The first-order chi connectivity index (χ1) is 58.3. The van der Waals surface area contributed by atoms with E-state index < -0.39 is 20.6 Å². The van der Waals surface area contributed by atoms with E-state index in [-0.39, 0.29) is 63.3 Å². The summed E-state index contributed by atoms with van der Waals surface area (Å²) in [6.07, 6.45) is 10.9. The van der Waals surface area contributed by atoms with Crippen molar-refractivity contribution in [1.29, 1.82) is 0 Å². The van der Waals surface area contributed by atoms with Crippen molar-refractivity contribution < 1.29 is 46.2 Å². The van der Waals surface area contributed by atoms with Gasteiger partial charge in [0.1, 0.15) is 22.8 Å². The molecule has 598 valence electrons. The molecule has 6 aliphatic rings. The summed E-state index contributed by atoms with van der Waals surface area (Å²) in [7, 11) is -4.46. The molecular formula is C105H86N4O10S2. The SMILES string of the molecule is CCc1cc2c(c3ccccc13)-c1ccc(C)cc1C2=O.CCc1cc2c(c3ccccc13)-c1ccc(C)cc1S2(=O)=O.CCc1cc2c(c3ccccc13)-c1ccc(C)cc1S2=O.CCc1cc2c(cc1C)C(=O)c1nccnc1C2=O.CCc1ccc(C)c2c1C(=O)c1nccnc1C2=O.CCc1ccc2c(c1)C(=O)C(=O)c1cc(C)ccc1-2. The van der Waals surface area contributed by atoms with Crippen molar-refractivity contribution in [2.75, 3.05) is 0 Å². The first kappa shape index (κ1) is 81.3. The molecule has 4 heterocycles. The number of carbonyl (C=O) groups is 7. The number of sulfone groups is 1. The third kappa shape index (κ3) is 14.1. The topological polar surface area (TPSA) is 222 Å². The Balaban J connectivity index is 0.000000108. The van der Waals surface area contributed by atoms with Gasteiger partial charge in [-0.15, -0.1) is 0 Å². The molecule has 0 N–H and O–H groups in total. The minimum Gasteiger partial charge on any atom is -0.289 e. The van der Waals surface area contributed by atoms with Gasteiger partial charge < -0.3 is 0 Å². The molecule has 0 saturated heterocycles. The quantitative estimate of drug-likeness (QED) is 0.141. The van der Waals surface area contributed by atoms with Crippen LogP contribution in [-0.2, 0) is 59.2 Å². The molecule has 4 aliphatic carbocycles. The number of hydrogen-bond acceptors (Lipinski definition) is 14. The lowest BCUT2D eigenvalue weighted by Gasteiger charge is -2.19. The third-order valence-electron chi connectivity index (χ3n) is 23.8. The van der Waals surface area contributed by atoms with Gasteiger partial charge in [-0.05, 0) is 245 Å². The van der Waals surface area contributed by atoms with Crippen LogP contribution in [0.25, 0.3) is 76.8 Å². The summed E-state index contributed by atoms with van der Waals surface area (Å²) in [6.45, 7) is 24.1. The van der Waals surface area contributed by atoms with Crippen LogP contribution in [0.3, 0.4) is 0 Å². The summed E-state index contributed by atoms with van der Waals surface area (Å²) in [6, 6.07) is 68.1. The van der Waals surface area contributed by atoms with Gasteiger partial charge in [-0.25, -0.2) is 32.6 Å². The number of carbonyl (C=O) groups excluding carboxylic acids is 7. The van der Waals surface area contributed by atoms with Crippen LogP contribution in [0.4, 0.5) is 0 Å². The molecule has 2 aromatic heterocycles. The number of aromatic nitrogens is 4. The van der Waals surface area contributed by atoms with Crippen molar-refractivity contribution in [2.45, 2.75) is 141 Å². The number of benzene rings is 13. The van der Waals surface area contributed by atoms with Gasteiger partial charge in [0.15, 0.2) is 5.78 Å². The highest BCUT2D eigenvalue weighted by Gasteiger charge is 2.39. The lowest BCUT2D eigenvalue weighted by molar-refractivity contribution is 0.0815. The fraction of sp³-hybridized carbons (Fsp3) is 0.171. The summed E-state index contributed by atoms with van der Waals surface area (Å²) < 4.78 is 38.7.